The second-order valence-electron chi connectivity index (χ2n) is 6.23. The molecule has 0 fully saturated rings. The summed E-state index contributed by atoms with van der Waals surface area (Å²) in [6, 6.07) is 0. The van der Waals surface area contributed by atoms with Crippen LogP contribution >= 0.6 is 0 Å². The van der Waals surface area contributed by atoms with Gasteiger partial charge in [0.15, 0.2) is 0 Å². The van der Waals surface area contributed by atoms with E-state index in [1.54, 1.807) is 6.92 Å². The van der Waals surface area contributed by atoms with Crippen LogP contribution in [0.5, 0.6) is 0 Å². The number of halogens is 3. The van der Waals surface area contributed by atoms with E-state index in [0.717, 1.165) is 12.8 Å². The van der Waals surface area contributed by atoms with Crippen molar-refractivity contribution in [2.75, 3.05) is 19.8 Å². The minimum absolute atomic E-state index is 0.0702. The van der Waals surface area contributed by atoms with E-state index in [4.69, 9.17) is 4.74 Å². The lowest BCUT2D eigenvalue weighted by Gasteiger charge is -2.17. The fraction of sp³-hybridized carbons (Fsp3) is 0.938. The maximum Gasteiger partial charge on any atom is 0.468 e. The van der Waals surface area contributed by atoms with Gasteiger partial charge in [-0.1, -0.05) is 51.9 Å². The topological polar surface area (TPSA) is 30.8 Å². The molecule has 1 aliphatic rings. The van der Waals surface area contributed by atoms with Gasteiger partial charge >= 0.3 is 6.18 Å². The van der Waals surface area contributed by atoms with Crippen LogP contribution in [0.25, 0.3) is 0 Å². The molecule has 0 bridgehead atoms. The van der Waals surface area contributed by atoms with Gasteiger partial charge in [0.1, 0.15) is 12.1 Å². The lowest BCUT2D eigenvalue weighted by atomic mass is 10.1. The Labute approximate surface area is 131 Å². The molecular formula is C16H28F3NO2. The molecule has 1 atom stereocenters. The molecule has 0 radical (unpaired) electrons. The number of aliphatic imine (C=N–C) groups is 1. The van der Waals surface area contributed by atoms with Gasteiger partial charge in [-0.3, -0.25) is 0 Å². The van der Waals surface area contributed by atoms with E-state index >= 15 is 0 Å². The van der Waals surface area contributed by atoms with Crippen LogP contribution in [0.15, 0.2) is 4.99 Å². The van der Waals surface area contributed by atoms with Crippen LogP contribution in [0.4, 0.5) is 13.2 Å². The van der Waals surface area contributed by atoms with E-state index in [2.05, 4.69) is 16.7 Å². The Kier molecular flexibility index (Phi) is 8.21. The van der Waals surface area contributed by atoms with Crippen LogP contribution in [-0.2, 0) is 9.47 Å². The van der Waals surface area contributed by atoms with E-state index in [0.29, 0.717) is 6.61 Å². The molecule has 0 saturated heterocycles. The lowest BCUT2D eigenvalue weighted by molar-refractivity contribution is -0.0756. The number of unbranched alkanes of at least 4 members (excludes halogenated alkanes) is 7. The molecule has 0 saturated carbocycles. The highest BCUT2D eigenvalue weighted by Gasteiger charge is 2.45. The second kappa shape index (κ2) is 9.38. The minimum Gasteiger partial charge on any atom is -0.472 e. The lowest BCUT2D eigenvalue weighted by Crippen LogP contribution is -2.30. The Bertz CT molecular complexity index is 345. The van der Waals surface area contributed by atoms with Crippen LogP contribution in [0.2, 0.25) is 0 Å². The van der Waals surface area contributed by atoms with Crippen molar-refractivity contribution in [2.45, 2.75) is 76.9 Å². The van der Waals surface area contributed by atoms with Crippen LogP contribution in [-0.4, -0.2) is 37.4 Å². The van der Waals surface area contributed by atoms with Gasteiger partial charge in [0.2, 0.25) is 0 Å². The SMILES string of the molecule is CCCCCCCCCCOCC1(C)COC(C(F)(F)F)=N1. The molecule has 130 valence electrons. The van der Waals surface area contributed by atoms with Crippen molar-refractivity contribution in [3.05, 3.63) is 0 Å². The maximum absolute atomic E-state index is 12.4. The Morgan fingerprint density at radius 3 is 2.23 bits per heavy atom. The third-order valence-electron chi connectivity index (χ3n) is 3.69. The first kappa shape index (κ1) is 19.3. The highest BCUT2D eigenvalue weighted by molar-refractivity contribution is 5.83. The van der Waals surface area contributed by atoms with Gasteiger partial charge in [-0.2, -0.15) is 13.2 Å². The monoisotopic (exact) mass is 323 g/mol. The Morgan fingerprint density at radius 2 is 1.68 bits per heavy atom. The molecular weight excluding hydrogens is 295 g/mol. The molecule has 1 heterocycles. The molecule has 0 amide bonds. The van der Waals surface area contributed by atoms with Gasteiger partial charge in [0.25, 0.3) is 5.90 Å². The molecule has 0 aliphatic carbocycles. The molecule has 1 aliphatic heterocycles. The van der Waals surface area contributed by atoms with Crippen molar-refractivity contribution in [2.24, 2.45) is 4.99 Å². The van der Waals surface area contributed by atoms with Gasteiger partial charge in [0.05, 0.1) is 6.61 Å². The average Bonchev–Trinajstić information content (AvgIpc) is 2.84. The summed E-state index contributed by atoms with van der Waals surface area (Å²) in [7, 11) is 0. The molecule has 22 heavy (non-hydrogen) atoms. The van der Waals surface area contributed by atoms with Gasteiger partial charge < -0.3 is 9.47 Å². The van der Waals surface area contributed by atoms with Crippen molar-refractivity contribution < 1.29 is 22.6 Å². The standard InChI is InChI=1S/C16H28F3NO2/c1-3-4-5-6-7-8-9-10-11-21-12-15(2)13-22-14(20-15)16(17,18)19/h3-13H2,1-2H3. The molecule has 0 aromatic heterocycles. The van der Waals surface area contributed by atoms with Crippen LogP contribution in [0.3, 0.4) is 0 Å². The molecule has 0 aromatic rings. The summed E-state index contributed by atoms with van der Waals surface area (Å²) in [4.78, 5) is 3.61. The van der Waals surface area contributed by atoms with E-state index < -0.39 is 17.6 Å². The van der Waals surface area contributed by atoms with Crippen molar-refractivity contribution in [3.63, 3.8) is 0 Å². The average molecular weight is 323 g/mol. The quantitative estimate of drug-likeness (QED) is 0.507. The predicted octanol–water partition coefficient (Wildman–Crippen LogP) is 4.89. The van der Waals surface area contributed by atoms with E-state index in [9.17, 15) is 13.2 Å². The third kappa shape index (κ3) is 7.47. The number of nitrogens with zero attached hydrogens (tertiary/aromatic N) is 1. The number of alkyl halides is 3. The minimum atomic E-state index is -4.50. The normalized spacial score (nSPS) is 21.8. The molecule has 1 unspecified atom stereocenters. The zero-order valence-electron chi connectivity index (χ0n) is 13.7. The van der Waals surface area contributed by atoms with Crippen LogP contribution < -0.4 is 0 Å². The van der Waals surface area contributed by atoms with Crippen molar-refractivity contribution >= 4 is 5.90 Å². The first-order chi connectivity index (χ1) is 10.4. The van der Waals surface area contributed by atoms with E-state index in [1.807, 2.05) is 0 Å². The number of hydrogen-bond acceptors (Lipinski definition) is 3. The summed E-state index contributed by atoms with van der Waals surface area (Å²) in [5, 5.41) is 0. The molecule has 0 aromatic carbocycles. The molecule has 6 heteroatoms. The fourth-order valence-electron chi connectivity index (χ4n) is 2.38. The van der Waals surface area contributed by atoms with E-state index in [1.165, 1.54) is 38.5 Å². The first-order valence-corrected chi connectivity index (χ1v) is 8.25. The van der Waals surface area contributed by atoms with Gasteiger partial charge in [-0.15, -0.1) is 0 Å². The smallest absolute Gasteiger partial charge is 0.468 e. The summed E-state index contributed by atoms with van der Waals surface area (Å²) >= 11 is 0. The zero-order valence-corrected chi connectivity index (χ0v) is 13.7. The Morgan fingerprint density at radius 1 is 1.09 bits per heavy atom. The number of hydrogen-bond donors (Lipinski definition) is 0. The van der Waals surface area contributed by atoms with Crippen molar-refractivity contribution in [1.29, 1.82) is 0 Å². The van der Waals surface area contributed by atoms with Gasteiger partial charge in [0, 0.05) is 6.61 Å². The predicted molar refractivity (Wildman–Crippen MR) is 81.3 cm³/mol. The van der Waals surface area contributed by atoms with Gasteiger partial charge in [-0.25, -0.2) is 4.99 Å². The molecule has 0 N–H and O–H groups in total. The number of ether oxygens (including phenoxy) is 2. The summed E-state index contributed by atoms with van der Waals surface area (Å²) in [6.07, 6.45) is 5.17. The number of rotatable bonds is 11. The summed E-state index contributed by atoms with van der Waals surface area (Å²) in [6.45, 7) is 4.50. The highest BCUT2D eigenvalue weighted by Crippen LogP contribution is 2.27. The summed E-state index contributed by atoms with van der Waals surface area (Å²) in [5.41, 5.74) is -0.912. The van der Waals surface area contributed by atoms with Crippen molar-refractivity contribution in [3.8, 4) is 0 Å². The molecule has 0 spiro atoms. The summed E-state index contributed by atoms with van der Waals surface area (Å²) < 4.78 is 47.4. The highest BCUT2D eigenvalue weighted by atomic mass is 19.4. The van der Waals surface area contributed by atoms with Crippen LogP contribution in [0.1, 0.15) is 65.2 Å². The van der Waals surface area contributed by atoms with Gasteiger partial charge in [-0.05, 0) is 13.3 Å². The summed E-state index contributed by atoms with van der Waals surface area (Å²) in [5.74, 6) is -1.13. The largest absolute Gasteiger partial charge is 0.472 e. The second-order valence-corrected chi connectivity index (χ2v) is 6.23. The Balaban J connectivity index is 2.04. The van der Waals surface area contributed by atoms with Crippen molar-refractivity contribution in [1.82, 2.24) is 0 Å². The third-order valence-corrected chi connectivity index (χ3v) is 3.69. The fourth-order valence-corrected chi connectivity index (χ4v) is 2.38. The zero-order chi connectivity index (χ0) is 16.5. The molecule has 1 rings (SSSR count). The van der Waals surface area contributed by atoms with E-state index in [-0.39, 0.29) is 13.2 Å². The Hall–Kier alpha value is -0.780. The van der Waals surface area contributed by atoms with Crippen LogP contribution in [0, 0.1) is 0 Å². The molecule has 3 nitrogen and oxygen atoms in total. The maximum atomic E-state index is 12.4. The first-order valence-electron chi connectivity index (χ1n) is 8.25.